The molecular formula is C20H29N3O2. The van der Waals surface area contributed by atoms with Gasteiger partial charge in [0.05, 0.1) is 6.20 Å². The topological polar surface area (TPSA) is 58.4 Å². The van der Waals surface area contributed by atoms with Gasteiger partial charge in [0.15, 0.2) is 11.7 Å². The summed E-state index contributed by atoms with van der Waals surface area (Å²) in [5.74, 6) is 1.90. The van der Waals surface area contributed by atoms with E-state index in [-0.39, 0.29) is 5.91 Å². The van der Waals surface area contributed by atoms with Gasteiger partial charge in [-0.25, -0.2) is 4.98 Å². The van der Waals surface area contributed by atoms with Gasteiger partial charge in [0.25, 0.3) is 0 Å². The molecule has 25 heavy (non-hydrogen) atoms. The maximum Gasteiger partial charge on any atom is 0.220 e. The van der Waals surface area contributed by atoms with Crippen LogP contribution in [0.5, 0.6) is 0 Å². The number of nitrogens with zero attached hydrogens (tertiary/aromatic N) is 2. The van der Waals surface area contributed by atoms with Crippen molar-refractivity contribution in [2.24, 2.45) is 0 Å². The number of carbonyl (C=O) groups is 1. The van der Waals surface area contributed by atoms with E-state index in [1.807, 2.05) is 14.1 Å². The second-order valence-corrected chi connectivity index (χ2v) is 6.90. The summed E-state index contributed by atoms with van der Waals surface area (Å²) in [6, 6.07) is 8.33. The highest BCUT2D eigenvalue weighted by molar-refractivity contribution is 5.76. The normalized spacial score (nSPS) is 11.3. The highest BCUT2D eigenvalue weighted by Crippen LogP contribution is 2.23. The smallest absolute Gasteiger partial charge is 0.220 e. The van der Waals surface area contributed by atoms with Crippen LogP contribution in [0.15, 0.2) is 34.9 Å². The number of carbonyl (C=O) groups excluding carboxylic acids is 1. The second kappa shape index (κ2) is 9.37. The zero-order chi connectivity index (χ0) is 18.2. The fourth-order valence-electron chi connectivity index (χ4n) is 2.52. The van der Waals surface area contributed by atoms with Crippen molar-refractivity contribution in [3.63, 3.8) is 0 Å². The molecule has 0 atom stereocenters. The maximum absolute atomic E-state index is 11.8. The van der Waals surface area contributed by atoms with Crippen LogP contribution in [0.1, 0.15) is 44.1 Å². The van der Waals surface area contributed by atoms with Crippen LogP contribution in [0.3, 0.4) is 0 Å². The van der Waals surface area contributed by atoms with Crippen molar-refractivity contribution in [3.05, 3.63) is 41.9 Å². The van der Waals surface area contributed by atoms with Gasteiger partial charge in [-0.1, -0.05) is 38.1 Å². The summed E-state index contributed by atoms with van der Waals surface area (Å²) in [6.07, 6.45) is 3.60. The summed E-state index contributed by atoms with van der Waals surface area (Å²) in [5, 5.41) is 2.93. The van der Waals surface area contributed by atoms with Crippen molar-refractivity contribution in [2.45, 2.75) is 39.0 Å². The molecule has 0 aliphatic rings. The lowest BCUT2D eigenvalue weighted by atomic mass is 10.0. The summed E-state index contributed by atoms with van der Waals surface area (Å²) in [7, 11) is 4.05. The Balaban J connectivity index is 1.80. The van der Waals surface area contributed by atoms with E-state index in [1.165, 1.54) is 5.56 Å². The van der Waals surface area contributed by atoms with Crippen molar-refractivity contribution in [1.82, 2.24) is 15.2 Å². The lowest BCUT2D eigenvalue weighted by Gasteiger charge is -2.09. The molecule has 0 saturated heterocycles. The quantitative estimate of drug-likeness (QED) is 0.708. The Bertz CT molecular complexity index is 660. The third kappa shape index (κ3) is 6.35. The van der Waals surface area contributed by atoms with E-state index < -0.39 is 0 Å². The Morgan fingerprint density at radius 3 is 2.60 bits per heavy atom. The SMILES string of the molecule is CC(C)c1ccc(-c2cnc(CCC(=O)NCCCN(C)C)o2)cc1. The predicted molar refractivity (Wildman–Crippen MR) is 101 cm³/mol. The molecule has 0 bridgehead atoms. The van der Waals surface area contributed by atoms with Crippen LogP contribution >= 0.6 is 0 Å². The van der Waals surface area contributed by atoms with Crippen molar-refractivity contribution < 1.29 is 9.21 Å². The van der Waals surface area contributed by atoms with Gasteiger partial charge in [-0.15, -0.1) is 0 Å². The number of aromatic nitrogens is 1. The Morgan fingerprint density at radius 1 is 1.24 bits per heavy atom. The van der Waals surface area contributed by atoms with Crippen molar-refractivity contribution in [3.8, 4) is 11.3 Å². The average Bonchev–Trinajstić information content (AvgIpc) is 3.06. The van der Waals surface area contributed by atoms with Gasteiger partial charge in [0.2, 0.25) is 5.91 Å². The number of hydrogen-bond acceptors (Lipinski definition) is 4. The highest BCUT2D eigenvalue weighted by Gasteiger charge is 2.09. The number of rotatable bonds is 9. The molecule has 0 aliphatic heterocycles. The van der Waals surface area contributed by atoms with E-state index in [0.717, 1.165) is 24.3 Å². The predicted octanol–water partition coefficient (Wildman–Crippen LogP) is 3.47. The first kappa shape index (κ1) is 19.2. The Kier molecular flexibility index (Phi) is 7.19. The third-order valence-corrected chi connectivity index (χ3v) is 4.09. The zero-order valence-corrected chi connectivity index (χ0v) is 15.7. The Labute approximate surface area is 150 Å². The second-order valence-electron chi connectivity index (χ2n) is 6.90. The summed E-state index contributed by atoms with van der Waals surface area (Å²) < 4.78 is 5.78. The summed E-state index contributed by atoms with van der Waals surface area (Å²) in [5.41, 5.74) is 2.31. The van der Waals surface area contributed by atoms with E-state index >= 15 is 0 Å². The van der Waals surface area contributed by atoms with E-state index in [2.05, 4.69) is 53.3 Å². The van der Waals surface area contributed by atoms with Crippen LogP contribution in [-0.2, 0) is 11.2 Å². The van der Waals surface area contributed by atoms with Crippen molar-refractivity contribution in [1.29, 1.82) is 0 Å². The van der Waals surface area contributed by atoms with Crippen LogP contribution < -0.4 is 5.32 Å². The van der Waals surface area contributed by atoms with Gasteiger partial charge in [0.1, 0.15) is 0 Å². The Morgan fingerprint density at radius 2 is 1.96 bits per heavy atom. The van der Waals surface area contributed by atoms with Gasteiger partial charge < -0.3 is 14.6 Å². The molecule has 0 unspecified atom stereocenters. The largest absolute Gasteiger partial charge is 0.441 e. The lowest BCUT2D eigenvalue weighted by molar-refractivity contribution is -0.121. The molecule has 5 heteroatoms. The van der Waals surface area contributed by atoms with Crippen molar-refractivity contribution in [2.75, 3.05) is 27.2 Å². The van der Waals surface area contributed by atoms with Crippen molar-refractivity contribution >= 4 is 5.91 Å². The summed E-state index contributed by atoms with van der Waals surface area (Å²) >= 11 is 0. The van der Waals surface area contributed by atoms with Gasteiger partial charge in [-0.2, -0.15) is 0 Å². The molecule has 1 amide bonds. The first-order chi connectivity index (χ1) is 12.0. The molecule has 2 aromatic rings. The lowest BCUT2D eigenvalue weighted by Crippen LogP contribution is -2.27. The molecule has 0 radical (unpaired) electrons. The molecule has 0 fully saturated rings. The minimum Gasteiger partial charge on any atom is -0.441 e. The number of oxazole rings is 1. The van der Waals surface area contributed by atoms with Crippen LogP contribution in [0.4, 0.5) is 0 Å². The number of hydrogen-bond donors (Lipinski definition) is 1. The average molecular weight is 343 g/mol. The fraction of sp³-hybridized carbons (Fsp3) is 0.500. The molecule has 1 N–H and O–H groups in total. The molecule has 5 nitrogen and oxygen atoms in total. The van der Waals surface area contributed by atoms with Crippen LogP contribution in [0.2, 0.25) is 0 Å². The van der Waals surface area contributed by atoms with Gasteiger partial charge in [0, 0.05) is 24.9 Å². The van der Waals surface area contributed by atoms with E-state index in [9.17, 15) is 4.79 Å². The van der Waals surface area contributed by atoms with Crippen LogP contribution in [0.25, 0.3) is 11.3 Å². The minimum absolute atomic E-state index is 0.0415. The fourth-order valence-corrected chi connectivity index (χ4v) is 2.52. The van der Waals surface area contributed by atoms with E-state index in [0.29, 0.717) is 31.2 Å². The van der Waals surface area contributed by atoms with Gasteiger partial charge >= 0.3 is 0 Å². The van der Waals surface area contributed by atoms with E-state index in [1.54, 1.807) is 6.20 Å². The highest BCUT2D eigenvalue weighted by atomic mass is 16.4. The first-order valence-corrected chi connectivity index (χ1v) is 8.92. The molecular weight excluding hydrogens is 314 g/mol. The third-order valence-electron chi connectivity index (χ3n) is 4.09. The molecule has 0 spiro atoms. The van der Waals surface area contributed by atoms with Crippen LogP contribution in [-0.4, -0.2) is 43.0 Å². The maximum atomic E-state index is 11.8. The zero-order valence-electron chi connectivity index (χ0n) is 15.7. The first-order valence-electron chi connectivity index (χ1n) is 8.92. The Hall–Kier alpha value is -2.14. The minimum atomic E-state index is 0.0415. The molecule has 1 aromatic carbocycles. The van der Waals surface area contributed by atoms with Gasteiger partial charge in [-0.05, 0) is 38.5 Å². The number of nitrogens with one attached hydrogen (secondary N) is 1. The summed E-state index contributed by atoms with van der Waals surface area (Å²) in [4.78, 5) is 18.2. The summed E-state index contributed by atoms with van der Waals surface area (Å²) in [6.45, 7) is 6.02. The molecule has 2 rings (SSSR count). The molecule has 136 valence electrons. The van der Waals surface area contributed by atoms with Gasteiger partial charge in [-0.3, -0.25) is 4.79 Å². The number of amides is 1. The number of benzene rings is 1. The van der Waals surface area contributed by atoms with E-state index in [4.69, 9.17) is 4.42 Å². The molecule has 1 heterocycles. The molecule has 0 saturated carbocycles. The molecule has 0 aliphatic carbocycles. The monoisotopic (exact) mass is 343 g/mol. The standard InChI is InChI=1S/C20H29N3O2/c1-15(2)16-6-8-17(9-7-16)18-14-22-20(25-18)11-10-19(24)21-12-5-13-23(3)4/h6-9,14-15H,5,10-13H2,1-4H3,(H,21,24). The van der Waals surface area contributed by atoms with Crippen LogP contribution in [0, 0.1) is 0 Å². The number of aryl methyl sites for hydroxylation is 1. The molecule has 1 aromatic heterocycles.